The van der Waals surface area contributed by atoms with Crippen molar-refractivity contribution < 1.29 is 4.74 Å². The lowest BCUT2D eigenvalue weighted by Crippen LogP contribution is -2.10. The van der Waals surface area contributed by atoms with Crippen LogP contribution in [0.1, 0.15) is 40.2 Å². The van der Waals surface area contributed by atoms with Crippen LogP contribution in [0.15, 0.2) is 70.9 Å². The molecule has 0 fully saturated rings. The lowest BCUT2D eigenvalue weighted by atomic mass is 9.98. The molecule has 0 heterocycles. The fraction of sp³-hybridized carbons (Fsp3) is 0.364. The zero-order chi connectivity index (χ0) is 16.8. The van der Waals surface area contributed by atoms with E-state index in [-0.39, 0.29) is 0 Å². The van der Waals surface area contributed by atoms with Crippen LogP contribution in [0.3, 0.4) is 0 Å². The fourth-order valence-electron chi connectivity index (χ4n) is 3.11. The molecule has 0 aliphatic heterocycles. The molecule has 1 aliphatic rings. The molecule has 0 N–H and O–H groups in total. The van der Waals surface area contributed by atoms with Crippen molar-refractivity contribution in [1.29, 1.82) is 0 Å². The van der Waals surface area contributed by atoms with E-state index in [0.29, 0.717) is 12.5 Å². The van der Waals surface area contributed by atoms with Crippen LogP contribution in [0.5, 0.6) is 0 Å². The van der Waals surface area contributed by atoms with Crippen LogP contribution in [0, 0.1) is 5.92 Å². The molecule has 0 spiro atoms. The SMILES string of the molecule is C/C=C(/C=C/COCC1C(C)=C(C)C(C)=C1C)c1ccccc1. The Kier molecular flexibility index (Phi) is 6.18. The Morgan fingerprint density at radius 3 is 2.17 bits per heavy atom. The average molecular weight is 308 g/mol. The highest BCUT2D eigenvalue weighted by atomic mass is 16.5. The van der Waals surface area contributed by atoms with E-state index in [1.807, 2.05) is 6.07 Å². The van der Waals surface area contributed by atoms with Gasteiger partial charge in [-0.2, -0.15) is 0 Å². The Balaban J connectivity index is 1.86. The molecular formula is C22H28O. The second-order valence-electron chi connectivity index (χ2n) is 6.22. The Morgan fingerprint density at radius 2 is 1.61 bits per heavy atom. The normalized spacial score (nSPS) is 17.0. The van der Waals surface area contributed by atoms with Crippen LogP contribution in [0.2, 0.25) is 0 Å². The van der Waals surface area contributed by atoms with Crippen molar-refractivity contribution in [3.8, 4) is 0 Å². The van der Waals surface area contributed by atoms with Gasteiger partial charge in [-0.15, -0.1) is 0 Å². The second kappa shape index (κ2) is 8.12. The van der Waals surface area contributed by atoms with Crippen LogP contribution >= 0.6 is 0 Å². The second-order valence-corrected chi connectivity index (χ2v) is 6.22. The zero-order valence-corrected chi connectivity index (χ0v) is 15.0. The highest BCUT2D eigenvalue weighted by Gasteiger charge is 2.23. The number of ether oxygens (including phenoxy) is 1. The van der Waals surface area contributed by atoms with Crippen LogP contribution in [-0.4, -0.2) is 13.2 Å². The first-order valence-electron chi connectivity index (χ1n) is 8.37. The molecular weight excluding hydrogens is 280 g/mol. The van der Waals surface area contributed by atoms with E-state index >= 15 is 0 Å². The van der Waals surface area contributed by atoms with Crippen LogP contribution in [0.4, 0.5) is 0 Å². The predicted molar refractivity (Wildman–Crippen MR) is 100 cm³/mol. The molecule has 0 amide bonds. The standard InChI is InChI=1S/C22H28O/c1-6-20(21-11-8-7-9-12-21)13-10-14-23-15-22-18(4)16(2)17(3)19(22)5/h6-13,22H,14-15H2,1-5H3/b13-10+,20-6-. The predicted octanol–water partition coefficient (Wildman–Crippen LogP) is 5.97. The third-order valence-electron chi connectivity index (χ3n) is 5.01. The van der Waals surface area contributed by atoms with Crippen molar-refractivity contribution >= 4 is 5.57 Å². The molecule has 0 atom stereocenters. The molecule has 2 rings (SSSR count). The van der Waals surface area contributed by atoms with Gasteiger partial charge in [-0.3, -0.25) is 0 Å². The number of allylic oxidation sites excluding steroid dienone is 5. The lowest BCUT2D eigenvalue weighted by molar-refractivity contribution is 0.144. The summed E-state index contributed by atoms with van der Waals surface area (Å²) in [7, 11) is 0. The topological polar surface area (TPSA) is 9.23 Å². The summed E-state index contributed by atoms with van der Waals surface area (Å²) >= 11 is 0. The average Bonchev–Trinajstić information content (AvgIpc) is 2.76. The van der Waals surface area contributed by atoms with Crippen molar-refractivity contribution in [2.24, 2.45) is 5.92 Å². The van der Waals surface area contributed by atoms with Gasteiger partial charge in [-0.25, -0.2) is 0 Å². The molecule has 23 heavy (non-hydrogen) atoms. The molecule has 0 radical (unpaired) electrons. The first-order valence-corrected chi connectivity index (χ1v) is 8.37. The molecule has 1 aromatic carbocycles. The van der Waals surface area contributed by atoms with Crippen LogP contribution in [-0.2, 0) is 4.74 Å². The third-order valence-corrected chi connectivity index (χ3v) is 5.01. The minimum atomic E-state index is 0.457. The summed E-state index contributed by atoms with van der Waals surface area (Å²) in [6.07, 6.45) is 6.39. The number of rotatable bonds is 6. The van der Waals surface area contributed by atoms with E-state index < -0.39 is 0 Å². The van der Waals surface area contributed by atoms with Crippen LogP contribution in [0.25, 0.3) is 5.57 Å². The number of hydrogen-bond donors (Lipinski definition) is 0. The van der Waals surface area contributed by atoms with Gasteiger partial charge in [0.05, 0.1) is 13.2 Å². The molecule has 1 nitrogen and oxygen atoms in total. The molecule has 0 unspecified atom stereocenters. The summed E-state index contributed by atoms with van der Waals surface area (Å²) < 4.78 is 5.90. The summed E-state index contributed by atoms with van der Waals surface area (Å²) in [5.41, 5.74) is 8.27. The van der Waals surface area contributed by atoms with Crippen molar-refractivity contribution in [2.75, 3.05) is 13.2 Å². The summed E-state index contributed by atoms with van der Waals surface area (Å²) in [5, 5.41) is 0. The molecule has 1 heteroatoms. The first-order chi connectivity index (χ1) is 11.1. The number of hydrogen-bond acceptors (Lipinski definition) is 1. The van der Waals surface area contributed by atoms with Gasteiger partial charge < -0.3 is 4.74 Å². The monoisotopic (exact) mass is 308 g/mol. The largest absolute Gasteiger partial charge is 0.376 e. The van der Waals surface area contributed by atoms with Crippen molar-refractivity contribution in [1.82, 2.24) is 0 Å². The summed E-state index contributed by atoms with van der Waals surface area (Å²) in [5.74, 6) is 0.457. The summed E-state index contributed by atoms with van der Waals surface area (Å²) in [4.78, 5) is 0. The van der Waals surface area contributed by atoms with Crippen molar-refractivity contribution in [3.05, 3.63) is 76.4 Å². The van der Waals surface area contributed by atoms with Crippen LogP contribution < -0.4 is 0 Å². The summed E-state index contributed by atoms with van der Waals surface area (Å²) in [6.45, 7) is 12.4. The van der Waals surface area contributed by atoms with Gasteiger partial charge in [0.1, 0.15) is 0 Å². The van der Waals surface area contributed by atoms with E-state index in [2.05, 4.69) is 77.1 Å². The maximum atomic E-state index is 5.90. The maximum Gasteiger partial charge on any atom is 0.0651 e. The minimum absolute atomic E-state index is 0.457. The van der Waals surface area contributed by atoms with Gasteiger partial charge in [0.15, 0.2) is 0 Å². The lowest BCUT2D eigenvalue weighted by Gasteiger charge is -2.14. The quantitative estimate of drug-likeness (QED) is 0.465. The molecule has 0 saturated heterocycles. The van der Waals surface area contributed by atoms with E-state index in [4.69, 9.17) is 4.74 Å². The Hall–Kier alpha value is -1.86. The fourth-order valence-corrected chi connectivity index (χ4v) is 3.11. The van der Waals surface area contributed by atoms with Crippen molar-refractivity contribution in [2.45, 2.75) is 34.6 Å². The van der Waals surface area contributed by atoms with Gasteiger partial charge in [0.25, 0.3) is 0 Å². The van der Waals surface area contributed by atoms with Gasteiger partial charge >= 0.3 is 0 Å². The molecule has 0 saturated carbocycles. The Morgan fingerprint density at radius 1 is 1.00 bits per heavy atom. The molecule has 122 valence electrons. The molecule has 1 aliphatic carbocycles. The summed E-state index contributed by atoms with van der Waals surface area (Å²) in [6, 6.07) is 10.4. The van der Waals surface area contributed by atoms with Gasteiger partial charge in [0.2, 0.25) is 0 Å². The Labute approximate surface area is 141 Å². The van der Waals surface area contributed by atoms with E-state index in [1.165, 1.54) is 33.4 Å². The zero-order valence-electron chi connectivity index (χ0n) is 15.0. The first kappa shape index (κ1) is 17.5. The molecule has 0 aromatic heterocycles. The van der Waals surface area contributed by atoms with E-state index in [0.717, 1.165) is 6.61 Å². The van der Waals surface area contributed by atoms with E-state index in [1.54, 1.807) is 0 Å². The van der Waals surface area contributed by atoms with E-state index in [9.17, 15) is 0 Å². The van der Waals surface area contributed by atoms with Gasteiger partial charge in [-0.1, -0.05) is 59.7 Å². The highest BCUT2D eigenvalue weighted by molar-refractivity contribution is 5.73. The Bertz CT molecular complexity index is 632. The maximum absolute atomic E-state index is 5.90. The highest BCUT2D eigenvalue weighted by Crippen LogP contribution is 2.36. The smallest absolute Gasteiger partial charge is 0.0651 e. The third kappa shape index (κ3) is 4.11. The number of benzene rings is 1. The molecule has 1 aromatic rings. The molecule has 0 bridgehead atoms. The van der Waals surface area contributed by atoms with Gasteiger partial charge in [0, 0.05) is 5.92 Å². The minimum Gasteiger partial charge on any atom is -0.376 e. The van der Waals surface area contributed by atoms with Crippen molar-refractivity contribution in [3.63, 3.8) is 0 Å². The van der Waals surface area contributed by atoms with Gasteiger partial charge in [-0.05, 0) is 56.9 Å².